The smallest absolute Gasteiger partial charge is 0.0558 e. The summed E-state index contributed by atoms with van der Waals surface area (Å²) in [5, 5.41) is 18.0. The predicted molar refractivity (Wildman–Crippen MR) is 84.2 cm³/mol. The van der Waals surface area contributed by atoms with Gasteiger partial charge >= 0.3 is 0 Å². The van der Waals surface area contributed by atoms with Crippen molar-refractivity contribution in [3.63, 3.8) is 0 Å². The first-order valence-corrected chi connectivity index (χ1v) is 7.45. The summed E-state index contributed by atoms with van der Waals surface area (Å²) in [5.74, 6) is 0. The molecule has 6 nitrogen and oxygen atoms in total. The summed E-state index contributed by atoms with van der Waals surface area (Å²) in [7, 11) is 8.29. The Hall–Kier alpha value is -0.240. The highest BCUT2D eigenvalue weighted by atomic mass is 16.3. The van der Waals surface area contributed by atoms with E-state index in [-0.39, 0.29) is 13.2 Å². The molecule has 0 fully saturated rings. The van der Waals surface area contributed by atoms with Crippen molar-refractivity contribution in [2.45, 2.75) is 0 Å². The van der Waals surface area contributed by atoms with Gasteiger partial charge in [-0.2, -0.15) is 0 Å². The van der Waals surface area contributed by atoms with Gasteiger partial charge in [0.25, 0.3) is 0 Å². The van der Waals surface area contributed by atoms with Crippen LogP contribution in [-0.2, 0) is 0 Å². The van der Waals surface area contributed by atoms with Crippen LogP contribution in [0, 0.1) is 0 Å². The van der Waals surface area contributed by atoms with Gasteiger partial charge < -0.3 is 24.9 Å². The molecule has 0 amide bonds. The lowest BCUT2D eigenvalue weighted by atomic mass is 10.4. The molecule has 0 spiro atoms. The molecule has 0 aliphatic rings. The summed E-state index contributed by atoms with van der Waals surface area (Å²) < 4.78 is 0. The third kappa shape index (κ3) is 11.6. The van der Waals surface area contributed by atoms with Gasteiger partial charge in [-0.25, -0.2) is 0 Å². The van der Waals surface area contributed by atoms with Gasteiger partial charge in [-0.15, -0.1) is 0 Å². The molecule has 2 N–H and O–H groups in total. The molecule has 0 aromatic carbocycles. The van der Waals surface area contributed by atoms with E-state index in [1.807, 2.05) is 7.05 Å². The zero-order valence-electron chi connectivity index (χ0n) is 13.8. The van der Waals surface area contributed by atoms with Gasteiger partial charge in [0, 0.05) is 52.4 Å². The molecule has 0 bridgehead atoms. The van der Waals surface area contributed by atoms with Crippen LogP contribution in [0.25, 0.3) is 0 Å². The molecule has 0 radical (unpaired) electrons. The van der Waals surface area contributed by atoms with Crippen molar-refractivity contribution in [1.82, 2.24) is 19.6 Å². The first-order valence-electron chi connectivity index (χ1n) is 7.45. The summed E-state index contributed by atoms with van der Waals surface area (Å²) in [5.41, 5.74) is 0. The lowest BCUT2D eigenvalue weighted by Gasteiger charge is -2.27. The van der Waals surface area contributed by atoms with Crippen molar-refractivity contribution in [2.24, 2.45) is 0 Å². The molecule has 20 heavy (non-hydrogen) atoms. The average molecular weight is 290 g/mol. The Balaban J connectivity index is 3.82. The van der Waals surface area contributed by atoms with Crippen molar-refractivity contribution in [3.8, 4) is 0 Å². The van der Waals surface area contributed by atoms with Crippen LogP contribution in [0.4, 0.5) is 0 Å². The molecule has 0 rings (SSSR count). The van der Waals surface area contributed by atoms with E-state index in [9.17, 15) is 0 Å². The molecule has 0 atom stereocenters. The zero-order valence-corrected chi connectivity index (χ0v) is 13.8. The highest BCUT2D eigenvalue weighted by molar-refractivity contribution is 4.63. The summed E-state index contributed by atoms with van der Waals surface area (Å²) >= 11 is 0. The molecule has 0 saturated carbocycles. The fourth-order valence-corrected chi connectivity index (χ4v) is 1.87. The normalized spacial score (nSPS) is 12.3. The number of aliphatic hydroxyl groups is 2. The fourth-order valence-electron chi connectivity index (χ4n) is 1.87. The number of hydrogen-bond donors (Lipinski definition) is 2. The molecule has 6 heteroatoms. The SMILES string of the molecule is CN(C)CCN(CCO)CCN(C)CCN(C)CCO. The second-order valence-electron chi connectivity index (χ2n) is 5.70. The van der Waals surface area contributed by atoms with E-state index in [0.717, 1.165) is 52.4 Å². The predicted octanol–water partition coefficient (Wildman–Crippen LogP) is -1.30. The highest BCUT2D eigenvalue weighted by Gasteiger charge is 2.07. The lowest BCUT2D eigenvalue weighted by Crippen LogP contribution is -2.40. The topological polar surface area (TPSA) is 53.4 Å². The summed E-state index contributed by atoms with van der Waals surface area (Å²) in [4.78, 5) is 8.90. The second kappa shape index (κ2) is 12.5. The van der Waals surface area contributed by atoms with Crippen LogP contribution < -0.4 is 0 Å². The fraction of sp³-hybridized carbons (Fsp3) is 1.00. The van der Waals surface area contributed by atoms with Crippen LogP contribution >= 0.6 is 0 Å². The maximum Gasteiger partial charge on any atom is 0.0558 e. The van der Waals surface area contributed by atoms with Crippen LogP contribution in [0.2, 0.25) is 0 Å². The minimum absolute atomic E-state index is 0.217. The Labute approximate surface area is 124 Å². The van der Waals surface area contributed by atoms with Crippen molar-refractivity contribution in [3.05, 3.63) is 0 Å². The van der Waals surface area contributed by atoms with E-state index in [1.54, 1.807) is 0 Å². The van der Waals surface area contributed by atoms with Crippen molar-refractivity contribution in [1.29, 1.82) is 0 Å². The van der Waals surface area contributed by atoms with Gasteiger partial charge in [-0.05, 0) is 28.2 Å². The standard InChI is InChI=1S/C14H34N4O2/c1-15(2)5-9-18(12-14-20)10-8-16(3)6-7-17(4)11-13-19/h19-20H,5-14H2,1-4H3. The first kappa shape index (κ1) is 19.8. The van der Waals surface area contributed by atoms with Crippen LogP contribution in [0.15, 0.2) is 0 Å². The van der Waals surface area contributed by atoms with Crippen LogP contribution in [0.5, 0.6) is 0 Å². The molecule has 0 saturated heterocycles. The van der Waals surface area contributed by atoms with Gasteiger partial charge in [-0.1, -0.05) is 0 Å². The Morgan fingerprint density at radius 3 is 1.50 bits per heavy atom. The molecule has 0 aliphatic heterocycles. The third-order valence-electron chi connectivity index (χ3n) is 3.42. The molecular weight excluding hydrogens is 256 g/mol. The largest absolute Gasteiger partial charge is 0.395 e. The first-order chi connectivity index (χ1) is 9.49. The maximum atomic E-state index is 9.10. The number of nitrogens with zero attached hydrogens (tertiary/aromatic N) is 4. The minimum atomic E-state index is 0.217. The van der Waals surface area contributed by atoms with Crippen LogP contribution in [-0.4, -0.2) is 124 Å². The monoisotopic (exact) mass is 290 g/mol. The van der Waals surface area contributed by atoms with Gasteiger partial charge in [0.05, 0.1) is 13.2 Å². The summed E-state index contributed by atoms with van der Waals surface area (Å²) in [6.45, 7) is 7.86. The molecule has 0 aromatic rings. The number of likely N-dealkylation sites (N-methyl/N-ethyl adjacent to an activating group) is 3. The van der Waals surface area contributed by atoms with E-state index in [1.165, 1.54) is 0 Å². The van der Waals surface area contributed by atoms with E-state index in [2.05, 4.69) is 40.7 Å². The summed E-state index contributed by atoms with van der Waals surface area (Å²) in [6, 6.07) is 0. The highest BCUT2D eigenvalue weighted by Crippen LogP contribution is 1.92. The number of aliphatic hydroxyl groups excluding tert-OH is 2. The third-order valence-corrected chi connectivity index (χ3v) is 3.42. The zero-order chi connectivity index (χ0) is 15.4. The average Bonchev–Trinajstić information content (AvgIpc) is 2.39. The van der Waals surface area contributed by atoms with Gasteiger partial charge in [0.2, 0.25) is 0 Å². The Bertz CT molecular complexity index is 217. The lowest BCUT2D eigenvalue weighted by molar-refractivity contribution is 0.159. The van der Waals surface area contributed by atoms with Crippen molar-refractivity contribution in [2.75, 3.05) is 93.8 Å². The van der Waals surface area contributed by atoms with E-state index < -0.39 is 0 Å². The second-order valence-corrected chi connectivity index (χ2v) is 5.70. The molecule has 0 heterocycles. The van der Waals surface area contributed by atoms with Crippen molar-refractivity contribution >= 4 is 0 Å². The molecule has 0 unspecified atom stereocenters. The van der Waals surface area contributed by atoms with Crippen LogP contribution in [0.3, 0.4) is 0 Å². The molecule has 122 valence electrons. The van der Waals surface area contributed by atoms with E-state index in [4.69, 9.17) is 10.2 Å². The van der Waals surface area contributed by atoms with Crippen molar-refractivity contribution < 1.29 is 10.2 Å². The number of hydrogen-bond acceptors (Lipinski definition) is 6. The number of rotatable bonds is 13. The van der Waals surface area contributed by atoms with E-state index >= 15 is 0 Å². The quantitative estimate of drug-likeness (QED) is 0.440. The molecule has 0 aromatic heterocycles. The van der Waals surface area contributed by atoms with Gasteiger partial charge in [0.15, 0.2) is 0 Å². The molecular formula is C14H34N4O2. The maximum absolute atomic E-state index is 9.10. The summed E-state index contributed by atoms with van der Waals surface area (Å²) in [6.07, 6.45) is 0. The van der Waals surface area contributed by atoms with E-state index in [0.29, 0.717) is 0 Å². The Morgan fingerprint density at radius 2 is 1.00 bits per heavy atom. The van der Waals surface area contributed by atoms with Gasteiger partial charge in [-0.3, -0.25) is 4.90 Å². The Morgan fingerprint density at radius 1 is 0.550 bits per heavy atom. The molecule has 0 aliphatic carbocycles. The van der Waals surface area contributed by atoms with Crippen LogP contribution in [0.1, 0.15) is 0 Å². The minimum Gasteiger partial charge on any atom is -0.395 e. The Kier molecular flexibility index (Phi) is 12.3. The van der Waals surface area contributed by atoms with Gasteiger partial charge in [0.1, 0.15) is 0 Å².